The molecule has 1 heterocycles. The molecule has 0 fully saturated rings. The minimum atomic E-state index is -1.70. The molecule has 0 saturated carbocycles. The molecule has 0 spiro atoms. The predicted molar refractivity (Wildman–Crippen MR) is 54.3 cm³/mol. The van der Waals surface area contributed by atoms with Crippen molar-refractivity contribution in [3.63, 3.8) is 0 Å². The van der Waals surface area contributed by atoms with E-state index in [0.29, 0.717) is 23.4 Å². The van der Waals surface area contributed by atoms with Gasteiger partial charge in [-0.3, -0.25) is 0 Å². The largest absolute Gasteiger partial charge is 0.508 e. The summed E-state index contributed by atoms with van der Waals surface area (Å²) in [7, 11) is 0. The van der Waals surface area contributed by atoms with Gasteiger partial charge in [-0.25, -0.2) is 4.98 Å². The molecule has 16 heavy (non-hydrogen) atoms. The van der Waals surface area contributed by atoms with Crippen molar-refractivity contribution in [2.45, 2.75) is 12.8 Å². The quantitative estimate of drug-likeness (QED) is 0.872. The molecule has 0 bridgehead atoms. The zero-order valence-electron chi connectivity index (χ0n) is 8.28. The van der Waals surface area contributed by atoms with E-state index in [1.165, 1.54) is 12.1 Å². The van der Waals surface area contributed by atoms with Crippen molar-refractivity contribution in [1.29, 1.82) is 0 Å². The van der Waals surface area contributed by atoms with Crippen molar-refractivity contribution in [2.24, 2.45) is 0 Å². The number of oxazole rings is 1. The first-order chi connectivity index (χ1) is 7.65. The molecule has 5 heteroatoms. The van der Waals surface area contributed by atoms with Gasteiger partial charge in [0.1, 0.15) is 11.3 Å². The molecule has 0 atom stereocenters. The predicted octanol–water partition coefficient (Wildman–Crippen LogP) is 3.25. The Morgan fingerprint density at radius 1 is 1.44 bits per heavy atom. The van der Waals surface area contributed by atoms with E-state index in [1.807, 2.05) is 0 Å². The molecule has 2 rings (SSSR count). The highest BCUT2D eigenvalue weighted by Gasteiger charge is 2.05. The Labute approximate surface area is 90.0 Å². The molecule has 84 valence electrons. The number of aromatic hydroxyl groups is 1. The molecule has 0 unspecified atom stereocenters. The molecule has 0 aliphatic heterocycles. The number of hydrogen-bond acceptors (Lipinski definition) is 3. The number of phenols is 1. The van der Waals surface area contributed by atoms with Gasteiger partial charge in [0.05, 0.1) is 0 Å². The fourth-order valence-corrected chi connectivity index (χ4v) is 1.37. The molecule has 2 aromatic rings. The van der Waals surface area contributed by atoms with E-state index in [0.717, 1.165) is 6.08 Å². The van der Waals surface area contributed by atoms with Crippen molar-refractivity contribution >= 4 is 11.1 Å². The topological polar surface area (TPSA) is 46.3 Å². The third kappa shape index (κ3) is 2.36. The van der Waals surface area contributed by atoms with Crippen LogP contribution in [0.1, 0.15) is 12.3 Å². The second-order valence-electron chi connectivity index (χ2n) is 3.29. The van der Waals surface area contributed by atoms with Crippen LogP contribution < -0.4 is 0 Å². The molecular weight excluding hydrogens is 216 g/mol. The number of halogens is 2. The van der Waals surface area contributed by atoms with Crippen molar-refractivity contribution < 1.29 is 18.3 Å². The summed E-state index contributed by atoms with van der Waals surface area (Å²) in [5.41, 5.74) is 1.07. The molecule has 0 radical (unpaired) electrons. The minimum Gasteiger partial charge on any atom is -0.508 e. The normalized spacial score (nSPS) is 10.6. The van der Waals surface area contributed by atoms with Gasteiger partial charge in [0.15, 0.2) is 11.5 Å². The summed E-state index contributed by atoms with van der Waals surface area (Å²) in [5, 5.41) is 9.19. The highest BCUT2D eigenvalue weighted by molar-refractivity contribution is 5.74. The lowest BCUT2D eigenvalue weighted by atomic mass is 10.3. The first-order valence-electron chi connectivity index (χ1n) is 4.75. The maximum atomic E-state index is 11.8. The van der Waals surface area contributed by atoms with Crippen molar-refractivity contribution in [3.8, 4) is 5.75 Å². The van der Waals surface area contributed by atoms with Gasteiger partial charge in [-0.15, -0.1) is 0 Å². The molecule has 0 aliphatic rings. The first-order valence-corrected chi connectivity index (χ1v) is 4.75. The van der Waals surface area contributed by atoms with Gasteiger partial charge in [-0.1, -0.05) is 0 Å². The molecule has 1 N–H and O–H groups in total. The average Bonchev–Trinajstić information content (AvgIpc) is 2.58. The third-order valence-corrected chi connectivity index (χ3v) is 2.07. The van der Waals surface area contributed by atoms with E-state index in [4.69, 9.17) is 4.42 Å². The van der Waals surface area contributed by atoms with Crippen molar-refractivity contribution in [1.82, 2.24) is 4.98 Å². The van der Waals surface area contributed by atoms with Crippen LogP contribution in [0, 0.1) is 0 Å². The number of aryl methyl sites for hydroxylation is 1. The van der Waals surface area contributed by atoms with E-state index in [2.05, 4.69) is 4.98 Å². The third-order valence-electron chi connectivity index (χ3n) is 2.07. The SMILES string of the molecule is Oc1ccc2nc(CCC=C(F)F)oc2c1. The van der Waals surface area contributed by atoms with Crippen LogP contribution in [0.3, 0.4) is 0 Å². The Balaban J connectivity index is 2.17. The number of rotatable bonds is 3. The van der Waals surface area contributed by atoms with Crippen LogP contribution in [0.4, 0.5) is 8.78 Å². The first kappa shape index (κ1) is 10.6. The summed E-state index contributed by atoms with van der Waals surface area (Å²) >= 11 is 0. The lowest BCUT2D eigenvalue weighted by Crippen LogP contribution is -1.82. The number of phenolic OH excluding ortho intramolecular Hbond substituents is 1. The van der Waals surface area contributed by atoms with E-state index in [-0.39, 0.29) is 12.2 Å². The monoisotopic (exact) mass is 225 g/mol. The molecule has 3 nitrogen and oxygen atoms in total. The van der Waals surface area contributed by atoms with E-state index in [1.54, 1.807) is 6.07 Å². The molecule has 0 saturated heterocycles. The minimum absolute atomic E-state index is 0.0879. The van der Waals surface area contributed by atoms with Crippen LogP contribution in [0.25, 0.3) is 11.1 Å². The van der Waals surface area contributed by atoms with E-state index >= 15 is 0 Å². The molecule has 0 amide bonds. The van der Waals surface area contributed by atoms with Crippen LogP contribution in [-0.2, 0) is 6.42 Å². The zero-order valence-corrected chi connectivity index (χ0v) is 8.28. The van der Waals surface area contributed by atoms with Gasteiger partial charge in [0, 0.05) is 12.5 Å². The summed E-state index contributed by atoms with van der Waals surface area (Å²) in [6, 6.07) is 4.55. The number of nitrogens with zero attached hydrogens (tertiary/aromatic N) is 1. The fourth-order valence-electron chi connectivity index (χ4n) is 1.37. The molecule has 1 aromatic heterocycles. The van der Waals surface area contributed by atoms with Gasteiger partial charge in [0.2, 0.25) is 0 Å². The van der Waals surface area contributed by atoms with Gasteiger partial charge in [-0.2, -0.15) is 8.78 Å². The standard InChI is InChI=1S/C11H9F2NO2/c12-10(13)2-1-3-11-14-8-5-4-7(15)6-9(8)16-11/h2,4-6,15H,1,3H2. The summed E-state index contributed by atoms with van der Waals surface area (Å²) in [5.74, 6) is 0.475. The summed E-state index contributed by atoms with van der Waals surface area (Å²) < 4.78 is 28.8. The highest BCUT2D eigenvalue weighted by atomic mass is 19.3. The highest BCUT2D eigenvalue weighted by Crippen LogP contribution is 2.21. The maximum Gasteiger partial charge on any atom is 0.266 e. The van der Waals surface area contributed by atoms with Crippen molar-refractivity contribution in [2.75, 3.05) is 0 Å². The summed E-state index contributed by atoms with van der Waals surface area (Å²) in [6.07, 6.45) is -0.381. The van der Waals surface area contributed by atoms with Crippen LogP contribution in [0.2, 0.25) is 0 Å². The van der Waals surface area contributed by atoms with Crippen LogP contribution in [0.5, 0.6) is 5.75 Å². The number of benzene rings is 1. The van der Waals surface area contributed by atoms with Gasteiger partial charge < -0.3 is 9.52 Å². The number of allylic oxidation sites excluding steroid dienone is 1. The summed E-state index contributed by atoms with van der Waals surface area (Å²) in [4.78, 5) is 4.10. The Bertz CT molecular complexity index is 530. The van der Waals surface area contributed by atoms with E-state index in [9.17, 15) is 13.9 Å². The smallest absolute Gasteiger partial charge is 0.266 e. The Hall–Kier alpha value is -1.91. The second kappa shape index (κ2) is 4.30. The molecule has 0 aliphatic carbocycles. The average molecular weight is 225 g/mol. The Morgan fingerprint density at radius 3 is 3.00 bits per heavy atom. The number of aromatic nitrogens is 1. The van der Waals surface area contributed by atoms with Crippen molar-refractivity contribution in [3.05, 3.63) is 36.2 Å². The van der Waals surface area contributed by atoms with Gasteiger partial charge >= 0.3 is 0 Å². The van der Waals surface area contributed by atoms with Crippen LogP contribution in [-0.4, -0.2) is 10.1 Å². The maximum absolute atomic E-state index is 11.8. The molecule has 1 aromatic carbocycles. The Morgan fingerprint density at radius 2 is 2.25 bits per heavy atom. The summed E-state index contributed by atoms with van der Waals surface area (Å²) in [6.45, 7) is 0. The number of fused-ring (bicyclic) bond motifs is 1. The van der Waals surface area contributed by atoms with Crippen LogP contribution in [0.15, 0.2) is 34.8 Å². The van der Waals surface area contributed by atoms with Gasteiger partial charge in [0.25, 0.3) is 6.08 Å². The number of hydrogen-bond donors (Lipinski definition) is 1. The lowest BCUT2D eigenvalue weighted by molar-refractivity contribution is 0.416. The lowest BCUT2D eigenvalue weighted by Gasteiger charge is -1.88. The van der Waals surface area contributed by atoms with Gasteiger partial charge in [-0.05, 0) is 24.6 Å². The molecular formula is C11H9F2NO2. The second-order valence-corrected chi connectivity index (χ2v) is 3.29. The zero-order chi connectivity index (χ0) is 11.5. The Kier molecular flexibility index (Phi) is 2.85. The fraction of sp³-hybridized carbons (Fsp3) is 0.182. The van der Waals surface area contributed by atoms with E-state index < -0.39 is 6.08 Å². The van der Waals surface area contributed by atoms with Crippen LogP contribution >= 0.6 is 0 Å².